The van der Waals surface area contributed by atoms with Gasteiger partial charge in [0.1, 0.15) is 0 Å². The molecule has 1 aliphatic heterocycles. The van der Waals surface area contributed by atoms with E-state index in [0.717, 1.165) is 6.42 Å². The molecule has 1 N–H and O–H groups in total. The van der Waals surface area contributed by atoms with Crippen molar-refractivity contribution in [2.24, 2.45) is 0 Å². The number of nitrogens with one attached hydrogen (secondary N) is 1. The lowest BCUT2D eigenvalue weighted by molar-refractivity contribution is 0.398. The molecule has 16 heavy (non-hydrogen) atoms. The first-order valence-electron chi connectivity index (χ1n) is 6.43. The van der Waals surface area contributed by atoms with Crippen LogP contribution in [-0.2, 0) is 6.42 Å². The highest BCUT2D eigenvalue weighted by molar-refractivity contribution is 5.27. The lowest BCUT2D eigenvalue weighted by Gasteiger charge is -2.24. The van der Waals surface area contributed by atoms with Crippen molar-refractivity contribution in [3.63, 3.8) is 0 Å². The maximum atomic E-state index is 4.24. The number of piperidine rings is 1. The Balaban J connectivity index is 2.07. The molecule has 2 heterocycles. The molecule has 2 nitrogen and oxygen atoms in total. The second-order valence-electron chi connectivity index (χ2n) is 5.08. The van der Waals surface area contributed by atoms with Crippen molar-refractivity contribution in [1.82, 2.24) is 10.3 Å². The largest absolute Gasteiger partial charge is 0.314 e. The van der Waals surface area contributed by atoms with Gasteiger partial charge in [-0.15, -0.1) is 0 Å². The third kappa shape index (κ3) is 2.82. The van der Waals surface area contributed by atoms with E-state index in [1.54, 1.807) is 0 Å². The SMILES string of the molecule is CC(C)c1cnccc1CC1CCCCN1. The minimum atomic E-state index is 0.576. The van der Waals surface area contributed by atoms with E-state index in [0.29, 0.717) is 12.0 Å². The standard InChI is InChI=1S/C14H22N2/c1-11(2)14-10-15-8-6-12(14)9-13-5-3-4-7-16-13/h6,8,10-11,13,16H,3-5,7,9H2,1-2H3. The van der Waals surface area contributed by atoms with Gasteiger partial charge in [-0.05, 0) is 48.9 Å². The van der Waals surface area contributed by atoms with E-state index in [1.807, 2.05) is 12.4 Å². The summed E-state index contributed by atoms with van der Waals surface area (Å²) < 4.78 is 0. The van der Waals surface area contributed by atoms with Gasteiger partial charge in [0.2, 0.25) is 0 Å². The maximum Gasteiger partial charge on any atom is 0.0305 e. The van der Waals surface area contributed by atoms with Gasteiger partial charge in [-0.1, -0.05) is 20.3 Å². The Morgan fingerprint density at radius 3 is 3.00 bits per heavy atom. The molecule has 0 radical (unpaired) electrons. The Kier molecular flexibility index (Phi) is 3.94. The van der Waals surface area contributed by atoms with Crippen molar-refractivity contribution in [3.05, 3.63) is 29.6 Å². The fraction of sp³-hybridized carbons (Fsp3) is 0.643. The van der Waals surface area contributed by atoms with Gasteiger partial charge >= 0.3 is 0 Å². The van der Waals surface area contributed by atoms with E-state index >= 15 is 0 Å². The Bertz CT molecular complexity index is 327. The zero-order chi connectivity index (χ0) is 11.4. The third-order valence-corrected chi connectivity index (χ3v) is 3.45. The van der Waals surface area contributed by atoms with Gasteiger partial charge in [0, 0.05) is 18.4 Å². The molecule has 1 atom stereocenters. The van der Waals surface area contributed by atoms with E-state index in [-0.39, 0.29) is 0 Å². The predicted octanol–water partition coefficient (Wildman–Crippen LogP) is 2.89. The van der Waals surface area contributed by atoms with Gasteiger partial charge < -0.3 is 5.32 Å². The molecule has 0 bridgehead atoms. The Morgan fingerprint density at radius 2 is 2.31 bits per heavy atom. The number of pyridine rings is 1. The summed E-state index contributed by atoms with van der Waals surface area (Å²) in [7, 11) is 0. The summed E-state index contributed by atoms with van der Waals surface area (Å²) in [6.07, 6.45) is 9.15. The topological polar surface area (TPSA) is 24.9 Å². The summed E-state index contributed by atoms with van der Waals surface area (Å²) in [4.78, 5) is 4.24. The molecule has 1 fully saturated rings. The number of aromatic nitrogens is 1. The van der Waals surface area contributed by atoms with Gasteiger partial charge in [-0.25, -0.2) is 0 Å². The molecule has 0 spiro atoms. The second kappa shape index (κ2) is 5.44. The van der Waals surface area contributed by atoms with Crippen LogP contribution in [0.3, 0.4) is 0 Å². The highest BCUT2D eigenvalue weighted by Gasteiger charge is 2.15. The van der Waals surface area contributed by atoms with Gasteiger partial charge in [0.15, 0.2) is 0 Å². The minimum absolute atomic E-state index is 0.576. The summed E-state index contributed by atoms with van der Waals surface area (Å²) in [5.74, 6) is 0.576. The molecule has 1 aliphatic rings. The molecule has 1 aromatic heterocycles. The fourth-order valence-corrected chi connectivity index (χ4v) is 2.50. The maximum absolute atomic E-state index is 4.24. The highest BCUT2D eigenvalue weighted by atomic mass is 14.9. The molecular formula is C14H22N2. The smallest absolute Gasteiger partial charge is 0.0305 e. The molecule has 1 saturated heterocycles. The van der Waals surface area contributed by atoms with Crippen LogP contribution in [0.2, 0.25) is 0 Å². The Morgan fingerprint density at radius 1 is 1.44 bits per heavy atom. The molecule has 88 valence electrons. The molecule has 2 rings (SSSR count). The molecule has 2 heteroatoms. The first kappa shape index (κ1) is 11.6. The minimum Gasteiger partial charge on any atom is -0.314 e. The Labute approximate surface area is 98.5 Å². The number of nitrogens with zero attached hydrogens (tertiary/aromatic N) is 1. The molecule has 0 aromatic carbocycles. The van der Waals surface area contributed by atoms with Crippen LogP contribution in [0.15, 0.2) is 18.5 Å². The van der Waals surface area contributed by atoms with Crippen molar-refractivity contribution >= 4 is 0 Å². The van der Waals surface area contributed by atoms with Gasteiger partial charge in [0.05, 0.1) is 0 Å². The third-order valence-electron chi connectivity index (χ3n) is 3.45. The normalized spacial score (nSPS) is 21.3. The first-order valence-corrected chi connectivity index (χ1v) is 6.43. The van der Waals surface area contributed by atoms with Crippen molar-refractivity contribution in [2.45, 2.75) is 51.5 Å². The van der Waals surface area contributed by atoms with E-state index in [9.17, 15) is 0 Å². The summed E-state index contributed by atoms with van der Waals surface area (Å²) >= 11 is 0. The summed E-state index contributed by atoms with van der Waals surface area (Å²) in [5, 5.41) is 3.61. The molecule has 1 unspecified atom stereocenters. The average Bonchev–Trinajstić information content (AvgIpc) is 2.31. The van der Waals surface area contributed by atoms with E-state index in [2.05, 4.69) is 30.2 Å². The molecule has 0 saturated carbocycles. The predicted molar refractivity (Wildman–Crippen MR) is 67.7 cm³/mol. The van der Waals surface area contributed by atoms with Gasteiger partial charge in [0.25, 0.3) is 0 Å². The quantitative estimate of drug-likeness (QED) is 0.844. The van der Waals surface area contributed by atoms with Crippen molar-refractivity contribution in [2.75, 3.05) is 6.54 Å². The van der Waals surface area contributed by atoms with Crippen molar-refractivity contribution in [3.8, 4) is 0 Å². The number of hydrogen-bond acceptors (Lipinski definition) is 2. The average molecular weight is 218 g/mol. The number of hydrogen-bond donors (Lipinski definition) is 1. The van der Waals surface area contributed by atoms with E-state index in [4.69, 9.17) is 0 Å². The second-order valence-corrected chi connectivity index (χ2v) is 5.08. The van der Waals surface area contributed by atoms with Crippen molar-refractivity contribution in [1.29, 1.82) is 0 Å². The zero-order valence-corrected chi connectivity index (χ0v) is 10.4. The van der Waals surface area contributed by atoms with Crippen LogP contribution in [-0.4, -0.2) is 17.6 Å². The van der Waals surface area contributed by atoms with Crippen LogP contribution in [0.4, 0.5) is 0 Å². The first-order chi connectivity index (χ1) is 7.77. The summed E-state index contributed by atoms with van der Waals surface area (Å²) in [6, 6.07) is 2.86. The molecular weight excluding hydrogens is 196 g/mol. The Hall–Kier alpha value is -0.890. The van der Waals surface area contributed by atoms with Crippen LogP contribution in [0.25, 0.3) is 0 Å². The lowest BCUT2D eigenvalue weighted by Crippen LogP contribution is -2.35. The van der Waals surface area contributed by atoms with Crippen LogP contribution in [0.1, 0.15) is 50.2 Å². The van der Waals surface area contributed by atoms with Crippen LogP contribution in [0.5, 0.6) is 0 Å². The molecule has 1 aromatic rings. The zero-order valence-electron chi connectivity index (χ0n) is 10.4. The van der Waals surface area contributed by atoms with Crippen LogP contribution >= 0.6 is 0 Å². The van der Waals surface area contributed by atoms with E-state index in [1.165, 1.54) is 36.9 Å². The molecule has 0 amide bonds. The van der Waals surface area contributed by atoms with Crippen LogP contribution < -0.4 is 5.32 Å². The summed E-state index contributed by atoms with van der Waals surface area (Å²) in [6.45, 7) is 5.68. The van der Waals surface area contributed by atoms with Gasteiger partial charge in [-0.2, -0.15) is 0 Å². The monoisotopic (exact) mass is 218 g/mol. The highest BCUT2D eigenvalue weighted by Crippen LogP contribution is 2.21. The van der Waals surface area contributed by atoms with Gasteiger partial charge in [-0.3, -0.25) is 4.98 Å². The summed E-state index contributed by atoms with van der Waals surface area (Å²) in [5.41, 5.74) is 2.89. The number of rotatable bonds is 3. The lowest BCUT2D eigenvalue weighted by atomic mass is 9.92. The van der Waals surface area contributed by atoms with E-state index < -0.39 is 0 Å². The van der Waals surface area contributed by atoms with Crippen LogP contribution in [0, 0.1) is 0 Å². The molecule has 0 aliphatic carbocycles. The van der Waals surface area contributed by atoms with Crippen molar-refractivity contribution < 1.29 is 0 Å². The fourth-order valence-electron chi connectivity index (χ4n) is 2.50.